The first-order valence-corrected chi connectivity index (χ1v) is 11.4. The van der Waals surface area contributed by atoms with Gasteiger partial charge in [0.2, 0.25) is 5.91 Å². The van der Waals surface area contributed by atoms with E-state index >= 15 is 0 Å². The van der Waals surface area contributed by atoms with Gasteiger partial charge in [-0.1, -0.05) is 17.7 Å². The van der Waals surface area contributed by atoms with Crippen molar-refractivity contribution in [2.45, 2.75) is 32.0 Å². The van der Waals surface area contributed by atoms with Crippen LogP contribution >= 0.6 is 23.8 Å². The summed E-state index contributed by atoms with van der Waals surface area (Å²) >= 11 is 12.3. The van der Waals surface area contributed by atoms with Crippen molar-refractivity contribution in [3.63, 3.8) is 0 Å². The summed E-state index contributed by atoms with van der Waals surface area (Å²) in [6, 6.07) is 13.5. The van der Waals surface area contributed by atoms with E-state index < -0.39 is 0 Å². The molecule has 0 saturated carbocycles. The van der Waals surface area contributed by atoms with Crippen LogP contribution in [0.4, 0.5) is 11.4 Å². The summed E-state index contributed by atoms with van der Waals surface area (Å²) in [5.41, 5.74) is 3.35. The first kappa shape index (κ1) is 23.2. The Kier molecular flexibility index (Phi) is 6.97. The highest BCUT2D eigenvalue weighted by atomic mass is 35.5. The van der Waals surface area contributed by atoms with Crippen molar-refractivity contribution in [3.8, 4) is 0 Å². The quantitative estimate of drug-likeness (QED) is 0.467. The van der Waals surface area contributed by atoms with Crippen molar-refractivity contribution < 1.29 is 9.53 Å². The summed E-state index contributed by atoms with van der Waals surface area (Å²) in [7, 11) is 1.47. The lowest BCUT2D eigenvalue weighted by Crippen LogP contribution is -2.29. The number of nitrogens with zero attached hydrogens (tertiary/aromatic N) is 3. The van der Waals surface area contributed by atoms with Gasteiger partial charge in [0.15, 0.2) is 5.11 Å². The van der Waals surface area contributed by atoms with Gasteiger partial charge in [0.25, 0.3) is 0 Å². The molecule has 2 atom stereocenters. The van der Waals surface area contributed by atoms with Crippen LogP contribution in [0.25, 0.3) is 0 Å². The standard InChI is InChI=1S/C24H26ClN5O2S/c1-15(2)29-11-9-16(13-29)23-22(20-6-4-5-10-26-20)28-24(33)30(23)17-7-8-19(18(25)12-17)27-21(31)14-32-3/h4-13,15,22-23H,14H2,1-3H3,(H,27,31)(H,28,33). The lowest BCUT2D eigenvalue weighted by Gasteiger charge is -2.27. The number of hydrogen-bond donors (Lipinski definition) is 2. The van der Waals surface area contributed by atoms with Crippen LogP contribution in [0.5, 0.6) is 0 Å². The second kappa shape index (κ2) is 9.91. The molecule has 1 aliphatic rings. The van der Waals surface area contributed by atoms with Crippen LogP contribution in [0.1, 0.15) is 43.2 Å². The van der Waals surface area contributed by atoms with Gasteiger partial charge in [-0.3, -0.25) is 9.78 Å². The molecule has 1 aromatic carbocycles. The van der Waals surface area contributed by atoms with Crippen LogP contribution in [0, 0.1) is 0 Å². The molecule has 0 bridgehead atoms. The molecule has 0 spiro atoms. The maximum Gasteiger partial charge on any atom is 0.250 e. The number of methoxy groups -OCH3 is 1. The Morgan fingerprint density at radius 1 is 1.30 bits per heavy atom. The van der Waals surface area contributed by atoms with Gasteiger partial charge < -0.3 is 24.8 Å². The minimum absolute atomic E-state index is 0.0428. The monoisotopic (exact) mass is 483 g/mol. The van der Waals surface area contributed by atoms with Crippen LogP contribution in [0.2, 0.25) is 5.02 Å². The van der Waals surface area contributed by atoms with Gasteiger partial charge in [-0.25, -0.2) is 0 Å². The molecule has 0 radical (unpaired) electrons. The van der Waals surface area contributed by atoms with E-state index in [1.54, 1.807) is 12.3 Å². The summed E-state index contributed by atoms with van der Waals surface area (Å²) in [6.45, 7) is 4.25. The summed E-state index contributed by atoms with van der Waals surface area (Å²) < 4.78 is 7.05. The number of halogens is 1. The average Bonchev–Trinajstić information content (AvgIpc) is 3.41. The van der Waals surface area contributed by atoms with Crippen molar-refractivity contribution in [3.05, 3.63) is 77.3 Å². The fourth-order valence-corrected chi connectivity index (χ4v) is 4.54. The molecule has 172 valence electrons. The van der Waals surface area contributed by atoms with Gasteiger partial charge in [0.05, 0.1) is 28.5 Å². The number of carbonyl (C=O) groups excluding carboxylic acids is 1. The Bertz CT molecular complexity index is 1150. The number of aromatic nitrogens is 2. The predicted molar refractivity (Wildman–Crippen MR) is 135 cm³/mol. The van der Waals surface area contributed by atoms with Crippen LogP contribution in [-0.4, -0.2) is 34.3 Å². The van der Waals surface area contributed by atoms with Crippen molar-refractivity contribution >= 4 is 46.2 Å². The summed E-state index contributed by atoms with van der Waals surface area (Å²) in [6.07, 6.45) is 6.01. The Hall–Kier alpha value is -2.94. The van der Waals surface area contributed by atoms with Gasteiger partial charge in [-0.2, -0.15) is 0 Å². The lowest BCUT2D eigenvalue weighted by atomic mass is 9.98. The first-order chi connectivity index (χ1) is 15.9. The topological polar surface area (TPSA) is 71.4 Å². The van der Waals surface area contributed by atoms with Crippen LogP contribution < -0.4 is 15.5 Å². The van der Waals surface area contributed by atoms with Crippen molar-refractivity contribution in [2.24, 2.45) is 0 Å². The van der Waals surface area contributed by atoms with Gasteiger partial charge in [-0.05, 0) is 68.0 Å². The average molecular weight is 484 g/mol. The summed E-state index contributed by atoms with van der Waals surface area (Å²) in [4.78, 5) is 18.5. The molecule has 2 unspecified atom stereocenters. The molecule has 3 aromatic rings. The first-order valence-electron chi connectivity index (χ1n) is 10.7. The minimum Gasteiger partial charge on any atom is -0.375 e. The molecule has 2 aromatic heterocycles. The van der Waals surface area contributed by atoms with E-state index in [4.69, 9.17) is 28.6 Å². The van der Waals surface area contributed by atoms with Gasteiger partial charge in [0.1, 0.15) is 6.61 Å². The highest BCUT2D eigenvalue weighted by Gasteiger charge is 2.41. The van der Waals surface area contributed by atoms with E-state index in [1.807, 2.05) is 30.3 Å². The molecule has 0 aliphatic carbocycles. The molecule has 1 amide bonds. The number of pyridine rings is 1. The maximum absolute atomic E-state index is 11.9. The zero-order valence-corrected chi connectivity index (χ0v) is 20.2. The third-order valence-corrected chi connectivity index (χ3v) is 6.18. The number of carbonyl (C=O) groups is 1. The zero-order valence-electron chi connectivity index (χ0n) is 18.7. The summed E-state index contributed by atoms with van der Waals surface area (Å²) in [5.74, 6) is -0.270. The molecule has 9 heteroatoms. The fourth-order valence-electron chi connectivity index (χ4n) is 3.97. The van der Waals surface area contributed by atoms with Crippen LogP contribution in [0.15, 0.2) is 61.1 Å². The Morgan fingerprint density at radius 2 is 2.12 bits per heavy atom. The second-order valence-electron chi connectivity index (χ2n) is 8.13. The third kappa shape index (κ3) is 4.88. The lowest BCUT2D eigenvalue weighted by molar-refractivity contribution is -0.119. The maximum atomic E-state index is 11.9. The number of rotatable bonds is 7. The minimum atomic E-state index is -0.270. The highest BCUT2D eigenvalue weighted by Crippen LogP contribution is 2.43. The predicted octanol–water partition coefficient (Wildman–Crippen LogP) is 4.88. The smallest absolute Gasteiger partial charge is 0.250 e. The van der Waals surface area contributed by atoms with E-state index in [1.165, 1.54) is 7.11 Å². The number of anilines is 2. The molecular formula is C24H26ClN5O2S. The molecule has 1 saturated heterocycles. The number of ether oxygens (including phenoxy) is 1. The van der Waals surface area contributed by atoms with Crippen molar-refractivity contribution in [1.29, 1.82) is 0 Å². The van der Waals surface area contributed by atoms with E-state index in [2.05, 4.69) is 57.4 Å². The number of amides is 1. The molecule has 1 fully saturated rings. The molecular weight excluding hydrogens is 458 g/mol. The highest BCUT2D eigenvalue weighted by molar-refractivity contribution is 7.80. The third-order valence-electron chi connectivity index (χ3n) is 5.55. The largest absolute Gasteiger partial charge is 0.375 e. The van der Waals surface area contributed by atoms with E-state index in [-0.39, 0.29) is 24.6 Å². The normalized spacial score (nSPS) is 18.0. The van der Waals surface area contributed by atoms with Gasteiger partial charge >= 0.3 is 0 Å². The van der Waals surface area contributed by atoms with Crippen molar-refractivity contribution in [2.75, 3.05) is 23.9 Å². The van der Waals surface area contributed by atoms with Gasteiger partial charge in [-0.15, -0.1) is 0 Å². The van der Waals surface area contributed by atoms with E-state index in [9.17, 15) is 4.79 Å². The Labute approximate surface area is 203 Å². The second-order valence-corrected chi connectivity index (χ2v) is 8.92. The van der Waals surface area contributed by atoms with Gasteiger partial charge in [0, 0.05) is 37.4 Å². The number of benzene rings is 1. The molecule has 33 heavy (non-hydrogen) atoms. The zero-order chi connectivity index (χ0) is 23.5. The Balaban J connectivity index is 1.72. The van der Waals surface area contributed by atoms with E-state index in [0.29, 0.717) is 21.9 Å². The number of thiocarbonyl (C=S) groups is 1. The summed E-state index contributed by atoms with van der Waals surface area (Å²) in [5, 5.41) is 7.20. The molecule has 7 nitrogen and oxygen atoms in total. The fraction of sp³-hybridized carbons (Fsp3) is 0.292. The van der Waals surface area contributed by atoms with Crippen molar-refractivity contribution in [1.82, 2.24) is 14.9 Å². The Morgan fingerprint density at radius 3 is 2.76 bits per heavy atom. The molecule has 2 N–H and O–H groups in total. The molecule has 4 rings (SSSR count). The number of hydrogen-bond acceptors (Lipinski definition) is 4. The van der Waals surface area contributed by atoms with Crippen LogP contribution in [0.3, 0.4) is 0 Å². The number of nitrogens with one attached hydrogen (secondary N) is 2. The molecule has 3 heterocycles. The van der Waals surface area contributed by atoms with Crippen LogP contribution in [-0.2, 0) is 9.53 Å². The SMILES string of the molecule is COCC(=O)Nc1ccc(N2C(=S)NC(c3ccccn3)C2c2ccn(C(C)C)c2)cc1Cl. The van der Waals surface area contributed by atoms with E-state index in [0.717, 1.165) is 16.9 Å². The molecule has 1 aliphatic heterocycles.